The Morgan fingerprint density at radius 3 is 2.58 bits per heavy atom. The second-order valence-corrected chi connectivity index (χ2v) is 7.36. The number of aryl methyl sites for hydroxylation is 3. The van der Waals surface area contributed by atoms with Crippen LogP contribution < -0.4 is 10.2 Å². The van der Waals surface area contributed by atoms with Gasteiger partial charge in [-0.05, 0) is 68.4 Å². The molecule has 26 heavy (non-hydrogen) atoms. The molecule has 4 nitrogen and oxygen atoms in total. The third-order valence-corrected chi connectivity index (χ3v) is 5.33. The number of piperidine rings is 1. The highest BCUT2D eigenvalue weighted by molar-refractivity contribution is 6.06. The summed E-state index contributed by atoms with van der Waals surface area (Å²) < 4.78 is 0. The van der Waals surface area contributed by atoms with Crippen LogP contribution in [0.3, 0.4) is 0 Å². The number of anilines is 2. The lowest BCUT2D eigenvalue weighted by molar-refractivity contribution is 0.102. The number of benzene rings is 2. The van der Waals surface area contributed by atoms with E-state index in [4.69, 9.17) is 0 Å². The molecule has 2 aromatic rings. The molecule has 0 aromatic heterocycles. The van der Waals surface area contributed by atoms with Crippen molar-refractivity contribution < 1.29 is 9.90 Å². The number of hydrogen-bond donors (Lipinski definition) is 2. The molecular formula is C22H28N2O2. The number of nitrogens with one attached hydrogen (secondary N) is 1. The Morgan fingerprint density at radius 2 is 1.88 bits per heavy atom. The fourth-order valence-electron chi connectivity index (χ4n) is 3.69. The van der Waals surface area contributed by atoms with E-state index in [1.165, 1.54) is 0 Å². The minimum absolute atomic E-state index is 0.0718. The smallest absolute Gasteiger partial charge is 0.256 e. The number of carbonyl (C=O) groups excluding carboxylic acids is 1. The topological polar surface area (TPSA) is 52.6 Å². The normalized spacial score (nSPS) is 17.2. The lowest BCUT2D eigenvalue weighted by Crippen LogP contribution is -2.36. The first-order valence-electron chi connectivity index (χ1n) is 9.33. The Kier molecular flexibility index (Phi) is 5.62. The van der Waals surface area contributed by atoms with E-state index in [2.05, 4.69) is 16.3 Å². The Bertz CT molecular complexity index is 780. The molecule has 0 spiro atoms. The van der Waals surface area contributed by atoms with Gasteiger partial charge in [-0.2, -0.15) is 0 Å². The molecule has 1 unspecified atom stereocenters. The summed E-state index contributed by atoms with van der Waals surface area (Å²) in [6.45, 7) is 8.02. The summed E-state index contributed by atoms with van der Waals surface area (Å²) in [7, 11) is 0. The van der Waals surface area contributed by atoms with E-state index >= 15 is 0 Å². The SMILES string of the molecule is Cc1ccc(N2CCCC(CO)C2)cc1C(=O)Nc1c(C)cccc1C. The number of para-hydroxylation sites is 1. The van der Waals surface area contributed by atoms with Crippen LogP contribution in [0.5, 0.6) is 0 Å². The summed E-state index contributed by atoms with van der Waals surface area (Å²) in [6.07, 6.45) is 2.14. The van der Waals surface area contributed by atoms with Crippen LogP contribution in [0.2, 0.25) is 0 Å². The largest absolute Gasteiger partial charge is 0.396 e. The summed E-state index contributed by atoms with van der Waals surface area (Å²) in [5, 5.41) is 12.6. The average Bonchev–Trinajstić information content (AvgIpc) is 2.65. The third-order valence-electron chi connectivity index (χ3n) is 5.33. The van der Waals surface area contributed by atoms with Gasteiger partial charge in [0.15, 0.2) is 0 Å². The molecule has 0 saturated carbocycles. The van der Waals surface area contributed by atoms with Crippen molar-refractivity contribution in [1.29, 1.82) is 0 Å². The van der Waals surface area contributed by atoms with Crippen molar-refractivity contribution in [2.75, 3.05) is 29.9 Å². The molecule has 1 aliphatic rings. The first kappa shape index (κ1) is 18.5. The molecule has 138 valence electrons. The maximum atomic E-state index is 12.9. The summed E-state index contributed by atoms with van der Waals surface area (Å²) >= 11 is 0. The highest BCUT2D eigenvalue weighted by Gasteiger charge is 2.21. The first-order valence-corrected chi connectivity index (χ1v) is 9.33. The van der Waals surface area contributed by atoms with E-state index in [0.717, 1.165) is 54.0 Å². The van der Waals surface area contributed by atoms with Crippen molar-refractivity contribution in [3.05, 3.63) is 58.7 Å². The van der Waals surface area contributed by atoms with Gasteiger partial charge in [-0.25, -0.2) is 0 Å². The van der Waals surface area contributed by atoms with Gasteiger partial charge in [0, 0.05) is 36.6 Å². The van der Waals surface area contributed by atoms with Crippen LogP contribution >= 0.6 is 0 Å². The van der Waals surface area contributed by atoms with E-state index < -0.39 is 0 Å². The van der Waals surface area contributed by atoms with Gasteiger partial charge in [-0.1, -0.05) is 24.3 Å². The highest BCUT2D eigenvalue weighted by atomic mass is 16.3. The fraction of sp³-hybridized carbons (Fsp3) is 0.409. The van der Waals surface area contributed by atoms with Gasteiger partial charge in [0.2, 0.25) is 0 Å². The molecule has 2 aromatic carbocycles. The molecular weight excluding hydrogens is 324 g/mol. The Balaban J connectivity index is 1.84. The molecule has 3 rings (SSSR count). The van der Waals surface area contributed by atoms with Gasteiger partial charge in [0.1, 0.15) is 0 Å². The molecule has 2 N–H and O–H groups in total. The van der Waals surface area contributed by atoms with Crippen molar-refractivity contribution >= 4 is 17.3 Å². The van der Waals surface area contributed by atoms with E-state index in [0.29, 0.717) is 11.5 Å². The second kappa shape index (κ2) is 7.92. The van der Waals surface area contributed by atoms with Crippen LogP contribution in [0.1, 0.15) is 39.9 Å². The van der Waals surface area contributed by atoms with E-state index in [1.54, 1.807) is 0 Å². The maximum Gasteiger partial charge on any atom is 0.256 e. The van der Waals surface area contributed by atoms with Crippen LogP contribution in [0, 0.1) is 26.7 Å². The van der Waals surface area contributed by atoms with Crippen LogP contribution in [0.4, 0.5) is 11.4 Å². The zero-order valence-corrected chi connectivity index (χ0v) is 15.9. The number of aliphatic hydroxyl groups is 1. The predicted molar refractivity (Wildman–Crippen MR) is 107 cm³/mol. The number of rotatable bonds is 4. The Hall–Kier alpha value is -2.33. The van der Waals surface area contributed by atoms with Gasteiger partial charge >= 0.3 is 0 Å². The van der Waals surface area contributed by atoms with Gasteiger partial charge in [0.25, 0.3) is 5.91 Å². The van der Waals surface area contributed by atoms with Gasteiger partial charge in [-0.3, -0.25) is 4.79 Å². The molecule has 1 saturated heterocycles. The molecule has 1 heterocycles. The van der Waals surface area contributed by atoms with Crippen molar-refractivity contribution in [3.8, 4) is 0 Å². The van der Waals surface area contributed by atoms with Crippen molar-refractivity contribution in [3.63, 3.8) is 0 Å². The summed E-state index contributed by atoms with van der Waals surface area (Å²) in [4.78, 5) is 15.2. The van der Waals surface area contributed by atoms with Crippen LogP contribution in [0.15, 0.2) is 36.4 Å². The molecule has 1 fully saturated rings. The van der Waals surface area contributed by atoms with E-state index in [-0.39, 0.29) is 12.5 Å². The van der Waals surface area contributed by atoms with Gasteiger partial charge in [0.05, 0.1) is 0 Å². The Labute approximate surface area is 155 Å². The highest BCUT2D eigenvalue weighted by Crippen LogP contribution is 2.26. The molecule has 1 atom stereocenters. The minimum Gasteiger partial charge on any atom is -0.396 e. The number of amides is 1. The van der Waals surface area contributed by atoms with E-state index in [9.17, 15) is 9.90 Å². The number of aliphatic hydroxyl groups excluding tert-OH is 1. The third kappa shape index (κ3) is 3.91. The molecule has 0 bridgehead atoms. The molecule has 0 radical (unpaired) electrons. The second-order valence-electron chi connectivity index (χ2n) is 7.36. The number of carbonyl (C=O) groups is 1. The lowest BCUT2D eigenvalue weighted by atomic mass is 9.97. The molecule has 4 heteroatoms. The van der Waals surface area contributed by atoms with Crippen molar-refractivity contribution in [2.24, 2.45) is 5.92 Å². The summed E-state index contributed by atoms with van der Waals surface area (Å²) in [6, 6.07) is 12.1. The quantitative estimate of drug-likeness (QED) is 0.872. The molecule has 1 aliphatic heterocycles. The van der Waals surface area contributed by atoms with E-state index in [1.807, 2.05) is 51.1 Å². The summed E-state index contributed by atoms with van der Waals surface area (Å²) in [5.74, 6) is 0.245. The lowest BCUT2D eigenvalue weighted by Gasteiger charge is -2.34. The fourth-order valence-corrected chi connectivity index (χ4v) is 3.69. The zero-order valence-electron chi connectivity index (χ0n) is 15.9. The predicted octanol–water partition coefficient (Wildman–Crippen LogP) is 4.07. The standard InChI is InChI=1S/C22H28N2O2/c1-15-9-10-19(24-11-5-8-18(13-24)14-25)12-20(15)22(26)23-21-16(2)6-4-7-17(21)3/h4,6-7,9-10,12,18,25H,5,8,11,13-14H2,1-3H3,(H,23,26). The van der Waals surface area contributed by atoms with Gasteiger partial charge in [-0.15, -0.1) is 0 Å². The number of nitrogens with zero attached hydrogens (tertiary/aromatic N) is 1. The average molecular weight is 352 g/mol. The van der Waals surface area contributed by atoms with Crippen LogP contribution in [0.25, 0.3) is 0 Å². The summed E-state index contributed by atoms with van der Waals surface area (Å²) in [5.41, 5.74) is 5.74. The van der Waals surface area contributed by atoms with Gasteiger partial charge < -0.3 is 15.3 Å². The molecule has 0 aliphatic carbocycles. The minimum atomic E-state index is -0.0718. The maximum absolute atomic E-state index is 12.9. The van der Waals surface area contributed by atoms with Crippen molar-refractivity contribution in [2.45, 2.75) is 33.6 Å². The molecule has 1 amide bonds. The zero-order chi connectivity index (χ0) is 18.7. The van der Waals surface area contributed by atoms with Crippen molar-refractivity contribution in [1.82, 2.24) is 0 Å². The Morgan fingerprint density at radius 1 is 1.15 bits per heavy atom. The number of hydrogen-bond acceptors (Lipinski definition) is 3. The first-order chi connectivity index (χ1) is 12.5. The van der Waals surface area contributed by atoms with Crippen LogP contribution in [-0.2, 0) is 0 Å². The van der Waals surface area contributed by atoms with Crippen LogP contribution in [-0.4, -0.2) is 30.7 Å². The monoisotopic (exact) mass is 352 g/mol.